The zero-order valence-corrected chi connectivity index (χ0v) is 15.4. The van der Waals surface area contributed by atoms with Crippen molar-refractivity contribution in [1.82, 2.24) is 24.8 Å². The van der Waals surface area contributed by atoms with E-state index in [9.17, 15) is 14.4 Å². The quantitative estimate of drug-likeness (QED) is 0.841. The van der Waals surface area contributed by atoms with Crippen molar-refractivity contribution in [3.63, 3.8) is 0 Å². The third-order valence-corrected chi connectivity index (χ3v) is 5.35. The van der Waals surface area contributed by atoms with Crippen molar-refractivity contribution in [2.45, 2.75) is 50.7 Å². The van der Waals surface area contributed by atoms with Gasteiger partial charge in [0.15, 0.2) is 0 Å². The fraction of sp³-hybridized carbons (Fsp3) is 0.474. The molecule has 2 aliphatic rings. The molecule has 1 aliphatic carbocycles. The first-order valence-corrected chi connectivity index (χ1v) is 9.24. The summed E-state index contributed by atoms with van der Waals surface area (Å²) < 4.78 is 1.89. The molecule has 27 heavy (non-hydrogen) atoms. The second-order valence-electron chi connectivity index (χ2n) is 7.41. The molecule has 0 radical (unpaired) electrons. The van der Waals surface area contributed by atoms with E-state index in [1.807, 2.05) is 16.5 Å². The lowest BCUT2D eigenvalue weighted by molar-refractivity contribution is -0.138. The second kappa shape index (κ2) is 6.68. The van der Waals surface area contributed by atoms with Gasteiger partial charge >= 0.3 is 0 Å². The van der Waals surface area contributed by atoms with E-state index in [-0.39, 0.29) is 29.6 Å². The highest BCUT2D eigenvalue weighted by Crippen LogP contribution is 2.40. The summed E-state index contributed by atoms with van der Waals surface area (Å²) in [7, 11) is 1.88. The smallest absolute Gasteiger partial charge is 0.260 e. The minimum absolute atomic E-state index is 0.0826. The van der Waals surface area contributed by atoms with Gasteiger partial charge in [-0.15, -0.1) is 0 Å². The highest BCUT2D eigenvalue weighted by Gasteiger charge is 2.45. The largest absolute Gasteiger partial charge is 0.347 e. The van der Waals surface area contributed by atoms with Crippen LogP contribution in [0.15, 0.2) is 29.5 Å². The van der Waals surface area contributed by atoms with Crippen LogP contribution >= 0.6 is 0 Å². The number of nitrogens with one attached hydrogen (secondary N) is 2. The molecule has 8 heteroatoms. The number of amides is 2. The molecule has 1 aliphatic heterocycles. The second-order valence-corrected chi connectivity index (χ2v) is 7.41. The number of imidazole rings is 1. The zero-order valence-electron chi connectivity index (χ0n) is 15.4. The minimum atomic E-state index is -0.418. The maximum absolute atomic E-state index is 12.8. The third kappa shape index (κ3) is 3.27. The Labute approximate surface area is 156 Å². The van der Waals surface area contributed by atoms with E-state index in [1.54, 1.807) is 25.5 Å². The number of aromatic nitrogens is 3. The van der Waals surface area contributed by atoms with Crippen LogP contribution in [-0.4, -0.2) is 43.3 Å². The zero-order chi connectivity index (χ0) is 19.1. The van der Waals surface area contributed by atoms with Crippen molar-refractivity contribution in [1.29, 1.82) is 0 Å². The molecular formula is C19H23N5O3. The van der Waals surface area contributed by atoms with Crippen molar-refractivity contribution < 1.29 is 9.59 Å². The Morgan fingerprint density at radius 2 is 2.04 bits per heavy atom. The number of carbonyl (C=O) groups excluding carboxylic acids is 2. The van der Waals surface area contributed by atoms with Gasteiger partial charge in [0.25, 0.3) is 11.5 Å². The van der Waals surface area contributed by atoms with Crippen LogP contribution in [0.4, 0.5) is 0 Å². The number of likely N-dealkylation sites (tertiary alicyclic amines) is 1. The lowest BCUT2D eigenvalue weighted by Crippen LogP contribution is -2.53. The molecule has 0 aromatic carbocycles. The predicted molar refractivity (Wildman–Crippen MR) is 98.1 cm³/mol. The van der Waals surface area contributed by atoms with Gasteiger partial charge in [0.2, 0.25) is 5.91 Å². The van der Waals surface area contributed by atoms with E-state index in [4.69, 9.17) is 0 Å². The van der Waals surface area contributed by atoms with Crippen LogP contribution in [0.3, 0.4) is 0 Å². The van der Waals surface area contributed by atoms with Crippen molar-refractivity contribution in [3.05, 3.63) is 52.0 Å². The van der Waals surface area contributed by atoms with E-state index in [2.05, 4.69) is 15.3 Å². The van der Waals surface area contributed by atoms with Crippen LogP contribution in [0.2, 0.25) is 0 Å². The Hall–Kier alpha value is -2.90. The van der Waals surface area contributed by atoms with Gasteiger partial charge in [0.05, 0.1) is 30.3 Å². The van der Waals surface area contributed by atoms with E-state index >= 15 is 0 Å². The SMILES string of the molecule is Cc1ccc(C(=O)N[C@@H]2CCC(=O)N(C3CC3)[C@H]2c2cncn2C)c(=O)[nH]1. The molecule has 142 valence electrons. The van der Waals surface area contributed by atoms with Gasteiger partial charge in [-0.3, -0.25) is 14.4 Å². The Morgan fingerprint density at radius 3 is 2.67 bits per heavy atom. The topological polar surface area (TPSA) is 100 Å². The first-order chi connectivity index (χ1) is 13.0. The fourth-order valence-corrected chi connectivity index (χ4v) is 3.85. The van der Waals surface area contributed by atoms with Crippen molar-refractivity contribution >= 4 is 11.8 Å². The summed E-state index contributed by atoms with van der Waals surface area (Å²) in [5.74, 6) is -0.305. The van der Waals surface area contributed by atoms with Crippen molar-refractivity contribution in [3.8, 4) is 0 Å². The number of H-pyrrole nitrogens is 1. The Kier molecular flexibility index (Phi) is 4.33. The average molecular weight is 369 g/mol. The van der Waals surface area contributed by atoms with Crippen LogP contribution in [0, 0.1) is 6.92 Å². The molecule has 3 heterocycles. The number of aryl methyl sites for hydroxylation is 2. The van der Waals surface area contributed by atoms with Gasteiger partial charge in [0.1, 0.15) is 5.56 Å². The van der Waals surface area contributed by atoms with Crippen LogP contribution in [0.1, 0.15) is 53.5 Å². The first kappa shape index (κ1) is 17.5. The number of hydrogen-bond donors (Lipinski definition) is 2. The molecule has 0 spiro atoms. The molecule has 2 N–H and O–H groups in total. The molecule has 0 unspecified atom stereocenters. The molecule has 4 rings (SSSR count). The number of carbonyl (C=O) groups is 2. The standard InChI is InChI=1S/C19H23N5O3/c1-11-3-6-13(18(26)21-11)19(27)22-14-7-8-16(25)24(12-4-5-12)17(14)15-9-20-10-23(15)2/h3,6,9-10,12,14,17H,4-5,7-8H2,1-2H3,(H,21,26)(H,22,27)/t14-,17-/m1/s1. The first-order valence-electron chi connectivity index (χ1n) is 9.24. The number of aromatic amines is 1. The normalized spacial score (nSPS) is 22.7. The van der Waals surface area contributed by atoms with Crippen LogP contribution in [-0.2, 0) is 11.8 Å². The van der Waals surface area contributed by atoms with Crippen LogP contribution < -0.4 is 10.9 Å². The summed E-state index contributed by atoms with van der Waals surface area (Å²) >= 11 is 0. The van der Waals surface area contributed by atoms with Crippen molar-refractivity contribution in [2.75, 3.05) is 0 Å². The maximum atomic E-state index is 12.8. The van der Waals surface area contributed by atoms with E-state index < -0.39 is 11.5 Å². The van der Waals surface area contributed by atoms with Crippen LogP contribution in [0.5, 0.6) is 0 Å². The summed E-state index contributed by atoms with van der Waals surface area (Å²) in [5.41, 5.74) is 1.26. The van der Waals surface area contributed by atoms with E-state index in [0.717, 1.165) is 18.5 Å². The Bertz CT molecular complexity index is 943. The summed E-state index contributed by atoms with van der Waals surface area (Å²) in [6.07, 6.45) is 6.34. The highest BCUT2D eigenvalue weighted by atomic mass is 16.2. The lowest BCUT2D eigenvalue weighted by atomic mass is 9.92. The molecule has 2 aromatic rings. The molecule has 0 bridgehead atoms. The van der Waals surface area contributed by atoms with Crippen molar-refractivity contribution in [2.24, 2.45) is 7.05 Å². The number of hydrogen-bond acceptors (Lipinski definition) is 4. The molecular weight excluding hydrogens is 346 g/mol. The summed E-state index contributed by atoms with van der Waals surface area (Å²) in [6.45, 7) is 1.77. The molecule has 1 saturated heterocycles. The highest BCUT2D eigenvalue weighted by molar-refractivity contribution is 5.94. The lowest BCUT2D eigenvalue weighted by Gasteiger charge is -2.41. The van der Waals surface area contributed by atoms with Crippen LogP contribution in [0.25, 0.3) is 0 Å². The average Bonchev–Trinajstić information content (AvgIpc) is 3.37. The third-order valence-electron chi connectivity index (χ3n) is 5.35. The van der Waals surface area contributed by atoms with E-state index in [1.165, 1.54) is 6.07 Å². The minimum Gasteiger partial charge on any atom is -0.347 e. The summed E-state index contributed by atoms with van der Waals surface area (Å²) in [5, 5.41) is 3.00. The van der Waals surface area contributed by atoms with E-state index in [0.29, 0.717) is 18.5 Å². The predicted octanol–water partition coefficient (Wildman–Crippen LogP) is 1.04. The summed E-state index contributed by atoms with van der Waals surface area (Å²) in [4.78, 5) is 46.3. The van der Waals surface area contributed by atoms with Gasteiger partial charge in [-0.05, 0) is 38.3 Å². The monoisotopic (exact) mass is 369 g/mol. The van der Waals surface area contributed by atoms with Gasteiger partial charge < -0.3 is 19.8 Å². The molecule has 8 nitrogen and oxygen atoms in total. The van der Waals surface area contributed by atoms with Gasteiger partial charge in [-0.2, -0.15) is 0 Å². The molecule has 2 aromatic heterocycles. The molecule has 2 fully saturated rings. The number of rotatable bonds is 4. The fourth-order valence-electron chi connectivity index (χ4n) is 3.85. The number of pyridine rings is 1. The summed E-state index contributed by atoms with van der Waals surface area (Å²) in [6, 6.07) is 2.91. The van der Waals surface area contributed by atoms with Gasteiger partial charge in [-0.1, -0.05) is 0 Å². The van der Waals surface area contributed by atoms with Gasteiger partial charge in [-0.25, -0.2) is 4.98 Å². The molecule has 2 atom stereocenters. The molecule has 1 saturated carbocycles. The number of nitrogens with zero attached hydrogens (tertiary/aromatic N) is 3. The maximum Gasteiger partial charge on any atom is 0.260 e. The Balaban J connectivity index is 1.65. The van der Waals surface area contributed by atoms with Gasteiger partial charge in [0, 0.05) is 25.2 Å². The Morgan fingerprint density at radius 1 is 1.26 bits per heavy atom. The molecule has 2 amide bonds. The number of piperidine rings is 1.